The second-order valence-electron chi connectivity index (χ2n) is 3.52. The molecule has 0 spiro atoms. The van der Waals surface area contributed by atoms with Crippen LogP contribution in [0.2, 0.25) is 0 Å². The maximum Gasteiger partial charge on any atom is 0.139 e. The van der Waals surface area contributed by atoms with E-state index in [0.29, 0.717) is 5.82 Å². The molecular formula is C11H15N5. The Morgan fingerprint density at radius 2 is 2.25 bits per heavy atom. The van der Waals surface area contributed by atoms with Gasteiger partial charge in [-0.25, -0.2) is 15.8 Å². The van der Waals surface area contributed by atoms with Gasteiger partial charge in [-0.3, -0.25) is 0 Å². The number of imidazole rings is 1. The molecule has 0 aromatic carbocycles. The minimum absolute atomic E-state index is 0.671. The highest BCUT2D eigenvalue weighted by Crippen LogP contribution is 2.07. The van der Waals surface area contributed by atoms with Crippen molar-refractivity contribution < 1.29 is 0 Å². The van der Waals surface area contributed by atoms with Gasteiger partial charge in [0.1, 0.15) is 11.6 Å². The first-order valence-corrected chi connectivity index (χ1v) is 5.25. The number of nitrogen functional groups attached to an aromatic ring is 1. The Morgan fingerprint density at radius 3 is 2.88 bits per heavy atom. The Balaban J connectivity index is 2.14. The molecule has 0 bridgehead atoms. The van der Waals surface area contributed by atoms with Crippen LogP contribution in [0, 0.1) is 0 Å². The minimum atomic E-state index is 0.671. The zero-order chi connectivity index (χ0) is 11.4. The number of hydrazine groups is 1. The number of nitrogens with one attached hydrogen (secondary N) is 1. The molecule has 2 rings (SSSR count). The molecule has 84 valence electrons. The fourth-order valence-corrected chi connectivity index (χ4v) is 1.60. The average Bonchev–Trinajstić information content (AvgIpc) is 2.77. The molecule has 0 aliphatic rings. The highest BCUT2D eigenvalue weighted by Gasteiger charge is 2.01. The van der Waals surface area contributed by atoms with Crippen LogP contribution in [-0.4, -0.2) is 14.5 Å². The summed E-state index contributed by atoms with van der Waals surface area (Å²) in [6.07, 6.45) is 6.55. The van der Waals surface area contributed by atoms with E-state index < -0.39 is 0 Å². The van der Waals surface area contributed by atoms with Crippen molar-refractivity contribution in [2.24, 2.45) is 5.84 Å². The number of rotatable bonds is 4. The van der Waals surface area contributed by atoms with Crippen LogP contribution in [0.4, 0.5) is 5.82 Å². The Hall–Kier alpha value is -1.88. The number of anilines is 1. The summed E-state index contributed by atoms with van der Waals surface area (Å²) >= 11 is 0. The summed E-state index contributed by atoms with van der Waals surface area (Å²) in [6, 6.07) is 3.86. The number of pyridine rings is 1. The Labute approximate surface area is 94.3 Å². The predicted molar refractivity (Wildman–Crippen MR) is 62.8 cm³/mol. The third kappa shape index (κ3) is 2.20. The van der Waals surface area contributed by atoms with Crippen molar-refractivity contribution in [1.82, 2.24) is 14.5 Å². The molecule has 2 heterocycles. The van der Waals surface area contributed by atoms with Crippen LogP contribution in [0.25, 0.3) is 0 Å². The van der Waals surface area contributed by atoms with Crippen molar-refractivity contribution in [3.8, 4) is 0 Å². The van der Waals surface area contributed by atoms with Crippen LogP contribution < -0.4 is 11.3 Å². The van der Waals surface area contributed by atoms with Gasteiger partial charge in [0.05, 0.1) is 6.54 Å². The van der Waals surface area contributed by atoms with Crippen LogP contribution >= 0.6 is 0 Å². The zero-order valence-corrected chi connectivity index (χ0v) is 9.22. The number of hydrogen-bond acceptors (Lipinski definition) is 4. The third-order valence-corrected chi connectivity index (χ3v) is 2.44. The highest BCUT2D eigenvalue weighted by atomic mass is 15.2. The lowest BCUT2D eigenvalue weighted by atomic mass is 10.2. The Bertz CT molecular complexity index is 446. The van der Waals surface area contributed by atoms with E-state index in [-0.39, 0.29) is 0 Å². The second-order valence-corrected chi connectivity index (χ2v) is 3.52. The van der Waals surface area contributed by atoms with Crippen molar-refractivity contribution in [2.75, 3.05) is 5.43 Å². The van der Waals surface area contributed by atoms with Crippen LogP contribution in [0.3, 0.4) is 0 Å². The molecule has 16 heavy (non-hydrogen) atoms. The molecule has 2 aromatic heterocycles. The summed E-state index contributed by atoms with van der Waals surface area (Å²) in [5.74, 6) is 7.01. The summed E-state index contributed by atoms with van der Waals surface area (Å²) in [6.45, 7) is 2.89. The van der Waals surface area contributed by atoms with Crippen molar-refractivity contribution in [3.63, 3.8) is 0 Å². The monoisotopic (exact) mass is 217 g/mol. The van der Waals surface area contributed by atoms with E-state index >= 15 is 0 Å². The van der Waals surface area contributed by atoms with Gasteiger partial charge in [-0.1, -0.05) is 13.0 Å². The van der Waals surface area contributed by atoms with E-state index in [1.165, 1.54) is 0 Å². The largest absolute Gasteiger partial charge is 0.330 e. The van der Waals surface area contributed by atoms with Crippen LogP contribution in [0.15, 0.2) is 30.7 Å². The molecule has 5 nitrogen and oxygen atoms in total. The molecule has 0 saturated carbocycles. The lowest BCUT2D eigenvalue weighted by Gasteiger charge is -2.06. The molecule has 2 aromatic rings. The number of aromatic nitrogens is 3. The summed E-state index contributed by atoms with van der Waals surface area (Å²) in [4.78, 5) is 8.44. The molecule has 0 saturated heterocycles. The normalized spacial score (nSPS) is 10.4. The zero-order valence-electron chi connectivity index (χ0n) is 9.22. The molecular weight excluding hydrogens is 202 g/mol. The van der Waals surface area contributed by atoms with Crippen molar-refractivity contribution in [1.29, 1.82) is 0 Å². The Morgan fingerprint density at radius 1 is 1.38 bits per heavy atom. The van der Waals surface area contributed by atoms with Gasteiger partial charge < -0.3 is 9.99 Å². The molecule has 0 amide bonds. The van der Waals surface area contributed by atoms with Crippen LogP contribution in [-0.2, 0) is 13.0 Å². The van der Waals surface area contributed by atoms with Gasteiger partial charge in [-0.05, 0) is 11.6 Å². The molecule has 0 aliphatic heterocycles. The standard InChI is InChI=1S/C11H15N5/c1-2-11-13-5-6-16(11)8-9-3-4-10(15-12)14-7-9/h3-7H,2,8,12H2,1H3,(H,14,15). The van der Waals surface area contributed by atoms with Crippen molar-refractivity contribution in [2.45, 2.75) is 19.9 Å². The van der Waals surface area contributed by atoms with Crippen molar-refractivity contribution >= 4 is 5.82 Å². The first-order valence-electron chi connectivity index (χ1n) is 5.25. The number of hydrogen-bond donors (Lipinski definition) is 2. The first kappa shape index (κ1) is 10.6. The average molecular weight is 217 g/mol. The molecule has 3 N–H and O–H groups in total. The van der Waals surface area contributed by atoms with Gasteiger partial charge in [-0.2, -0.15) is 0 Å². The van der Waals surface area contributed by atoms with Crippen LogP contribution in [0.1, 0.15) is 18.3 Å². The van der Waals surface area contributed by atoms with Gasteiger partial charge >= 0.3 is 0 Å². The van der Waals surface area contributed by atoms with E-state index in [4.69, 9.17) is 5.84 Å². The molecule has 0 radical (unpaired) electrons. The number of nitrogens with two attached hydrogens (primary N) is 1. The van der Waals surface area contributed by atoms with Gasteiger partial charge in [0.25, 0.3) is 0 Å². The molecule has 0 fully saturated rings. The smallest absolute Gasteiger partial charge is 0.139 e. The van der Waals surface area contributed by atoms with E-state index in [9.17, 15) is 0 Å². The van der Waals surface area contributed by atoms with Crippen LogP contribution in [0.5, 0.6) is 0 Å². The maximum atomic E-state index is 5.25. The lowest BCUT2D eigenvalue weighted by Crippen LogP contribution is -2.09. The van der Waals surface area contributed by atoms with Gasteiger partial charge in [0.15, 0.2) is 0 Å². The van der Waals surface area contributed by atoms with Crippen molar-refractivity contribution in [3.05, 3.63) is 42.1 Å². The van der Waals surface area contributed by atoms with E-state index in [1.807, 2.05) is 30.7 Å². The van der Waals surface area contributed by atoms with Gasteiger partial charge in [0.2, 0.25) is 0 Å². The lowest BCUT2D eigenvalue weighted by molar-refractivity contribution is 0.730. The fraction of sp³-hybridized carbons (Fsp3) is 0.273. The van der Waals surface area contributed by atoms with E-state index in [2.05, 4.69) is 26.9 Å². The quantitative estimate of drug-likeness (QED) is 0.596. The van der Waals surface area contributed by atoms with Gasteiger partial charge in [-0.15, -0.1) is 0 Å². The summed E-state index contributed by atoms with van der Waals surface area (Å²) in [7, 11) is 0. The molecule has 0 unspecified atom stereocenters. The first-order chi connectivity index (χ1) is 7.83. The molecule has 0 atom stereocenters. The summed E-state index contributed by atoms with van der Waals surface area (Å²) in [5.41, 5.74) is 3.64. The van der Waals surface area contributed by atoms with E-state index in [1.54, 1.807) is 0 Å². The topological polar surface area (TPSA) is 68.8 Å². The van der Waals surface area contributed by atoms with E-state index in [0.717, 1.165) is 24.4 Å². The number of aryl methyl sites for hydroxylation is 1. The SMILES string of the molecule is CCc1nccn1Cc1ccc(NN)nc1. The second kappa shape index (κ2) is 4.76. The fourth-order valence-electron chi connectivity index (χ4n) is 1.60. The number of nitrogens with zero attached hydrogens (tertiary/aromatic N) is 3. The summed E-state index contributed by atoms with van der Waals surface area (Å²) < 4.78 is 2.12. The summed E-state index contributed by atoms with van der Waals surface area (Å²) in [5, 5.41) is 0. The predicted octanol–water partition coefficient (Wildman–Crippen LogP) is 1.17. The molecule has 5 heteroatoms. The van der Waals surface area contributed by atoms with Gasteiger partial charge in [0, 0.05) is 25.0 Å². The molecule has 0 aliphatic carbocycles. The maximum absolute atomic E-state index is 5.25. The highest BCUT2D eigenvalue weighted by molar-refractivity contribution is 5.33. The minimum Gasteiger partial charge on any atom is -0.330 e. The Kier molecular flexibility index (Phi) is 3.16. The third-order valence-electron chi connectivity index (χ3n) is 2.44.